The molecular weight excluding hydrogens is 390 g/mol. The molecule has 1 aliphatic carbocycles. The van der Waals surface area contributed by atoms with E-state index in [0.29, 0.717) is 18.4 Å². The first-order valence-corrected chi connectivity index (χ1v) is 11.8. The Morgan fingerprint density at radius 2 is 1.87 bits per heavy atom. The zero-order valence-electron chi connectivity index (χ0n) is 18.9. The van der Waals surface area contributed by atoms with E-state index in [1.54, 1.807) is 0 Å². The fraction of sp³-hybridized carbons (Fsp3) is 0.667. The SMILES string of the molecule is Cc1cc(-c2cnc(C)nc2C2CCC(CNC(=O)CN3CCCCCC3)CC2)on1. The fourth-order valence-electron chi connectivity index (χ4n) is 4.93. The number of likely N-dealkylation sites (tertiary alicyclic amines) is 1. The van der Waals surface area contributed by atoms with Crippen molar-refractivity contribution in [2.45, 2.75) is 71.1 Å². The maximum atomic E-state index is 12.4. The number of rotatable bonds is 6. The summed E-state index contributed by atoms with van der Waals surface area (Å²) in [5.74, 6) is 2.65. The summed E-state index contributed by atoms with van der Waals surface area (Å²) in [5.41, 5.74) is 2.90. The Hall–Kier alpha value is -2.28. The molecule has 0 radical (unpaired) electrons. The Bertz CT molecular complexity index is 865. The number of aromatic nitrogens is 3. The maximum Gasteiger partial charge on any atom is 0.234 e. The van der Waals surface area contributed by atoms with Crippen LogP contribution in [0.4, 0.5) is 0 Å². The van der Waals surface area contributed by atoms with E-state index in [9.17, 15) is 4.79 Å². The van der Waals surface area contributed by atoms with Crippen LogP contribution in [-0.4, -0.2) is 52.1 Å². The van der Waals surface area contributed by atoms with Crippen molar-refractivity contribution in [2.75, 3.05) is 26.2 Å². The Balaban J connectivity index is 1.29. The minimum atomic E-state index is 0.179. The number of nitrogens with zero attached hydrogens (tertiary/aromatic N) is 4. The van der Waals surface area contributed by atoms with Gasteiger partial charge < -0.3 is 9.84 Å². The molecule has 7 nitrogen and oxygen atoms in total. The van der Waals surface area contributed by atoms with Crippen molar-refractivity contribution in [1.29, 1.82) is 0 Å². The van der Waals surface area contributed by atoms with Crippen LogP contribution in [0.15, 0.2) is 16.8 Å². The molecule has 1 saturated carbocycles. The molecule has 0 aromatic carbocycles. The highest BCUT2D eigenvalue weighted by atomic mass is 16.5. The second-order valence-electron chi connectivity index (χ2n) is 9.26. The van der Waals surface area contributed by atoms with Crippen LogP contribution in [0.1, 0.15) is 74.5 Å². The van der Waals surface area contributed by atoms with Crippen molar-refractivity contribution in [1.82, 2.24) is 25.3 Å². The first-order valence-electron chi connectivity index (χ1n) is 11.8. The molecule has 31 heavy (non-hydrogen) atoms. The number of hydrogen-bond acceptors (Lipinski definition) is 6. The molecule has 1 amide bonds. The number of carbonyl (C=O) groups is 1. The molecule has 2 aliphatic rings. The van der Waals surface area contributed by atoms with Gasteiger partial charge in [0.2, 0.25) is 5.91 Å². The Kier molecular flexibility index (Phi) is 7.33. The van der Waals surface area contributed by atoms with Gasteiger partial charge in [0.25, 0.3) is 0 Å². The Morgan fingerprint density at radius 3 is 2.55 bits per heavy atom. The molecule has 168 valence electrons. The van der Waals surface area contributed by atoms with Crippen molar-refractivity contribution in [3.8, 4) is 11.3 Å². The topological polar surface area (TPSA) is 84.2 Å². The number of amides is 1. The van der Waals surface area contributed by atoms with Crippen LogP contribution in [0.3, 0.4) is 0 Å². The van der Waals surface area contributed by atoms with Gasteiger partial charge in [0.1, 0.15) is 5.82 Å². The number of aryl methyl sites for hydroxylation is 2. The Morgan fingerprint density at radius 1 is 1.13 bits per heavy atom. The largest absolute Gasteiger partial charge is 0.356 e. The molecule has 0 atom stereocenters. The normalized spacial score (nSPS) is 22.8. The van der Waals surface area contributed by atoms with Gasteiger partial charge in [0.05, 0.1) is 23.5 Å². The zero-order chi connectivity index (χ0) is 21.6. The molecular formula is C24H35N5O2. The summed E-state index contributed by atoms with van der Waals surface area (Å²) in [5, 5.41) is 7.22. The average molecular weight is 426 g/mol. The van der Waals surface area contributed by atoms with Crippen molar-refractivity contribution < 1.29 is 9.32 Å². The lowest BCUT2D eigenvalue weighted by Crippen LogP contribution is -2.40. The van der Waals surface area contributed by atoms with Crippen molar-refractivity contribution in [2.24, 2.45) is 5.92 Å². The van der Waals surface area contributed by atoms with E-state index in [4.69, 9.17) is 9.51 Å². The number of nitrogens with one attached hydrogen (secondary N) is 1. The van der Waals surface area contributed by atoms with Crippen LogP contribution in [0.2, 0.25) is 0 Å². The molecule has 1 N–H and O–H groups in total. The molecule has 1 aliphatic heterocycles. The second kappa shape index (κ2) is 10.4. The van der Waals surface area contributed by atoms with Crippen LogP contribution >= 0.6 is 0 Å². The predicted octanol–water partition coefficient (Wildman–Crippen LogP) is 4.01. The zero-order valence-corrected chi connectivity index (χ0v) is 18.9. The number of carbonyl (C=O) groups excluding carboxylic acids is 1. The third kappa shape index (κ3) is 5.91. The molecule has 0 spiro atoms. The van der Waals surface area contributed by atoms with E-state index in [2.05, 4.69) is 20.4 Å². The standard InChI is InChI=1S/C24H35N5O2/c1-17-13-22(31-28-17)21-15-25-18(2)27-24(21)20-9-7-19(8-10-20)14-26-23(30)16-29-11-5-3-4-6-12-29/h13,15,19-20H,3-12,14,16H2,1-2H3,(H,26,30). The molecule has 3 heterocycles. The van der Waals surface area contributed by atoms with Crippen molar-refractivity contribution in [3.63, 3.8) is 0 Å². The lowest BCUT2D eigenvalue weighted by atomic mass is 9.79. The monoisotopic (exact) mass is 425 g/mol. The first-order chi connectivity index (χ1) is 15.1. The van der Waals surface area contributed by atoms with Gasteiger partial charge in [-0.2, -0.15) is 0 Å². The summed E-state index contributed by atoms with van der Waals surface area (Å²) < 4.78 is 5.50. The van der Waals surface area contributed by atoms with Crippen LogP contribution in [0.5, 0.6) is 0 Å². The third-order valence-electron chi connectivity index (χ3n) is 6.72. The quantitative estimate of drug-likeness (QED) is 0.753. The maximum absolute atomic E-state index is 12.4. The molecule has 2 aromatic rings. The summed E-state index contributed by atoms with van der Waals surface area (Å²) in [6.07, 6.45) is 11.2. The van der Waals surface area contributed by atoms with E-state index >= 15 is 0 Å². The molecule has 2 fully saturated rings. The molecule has 4 rings (SSSR count). The summed E-state index contributed by atoms with van der Waals surface area (Å²) in [6, 6.07) is 1.95. The van der Waals surface area contributed by atoms with Gasteiger partial charge in [-0.1, -0.05) is 18.0 Å². The van der Waals surface area contributed by atoms with E-state index in [1.165, 1.54) is 25.7 Å². The van der Waals surface area contributed by atoms with Gasteiger partial charge >= 0.3 is 0 Å². The van der Waals surface area contributed by atoms with Gasteiger partial charge in [-0.15, -0.1) is 0 Å². The number of hydrogen-bond donors (Lipinski definition) is 1. The molecule has 7 heteroatoms. The first kappa shape index (κ1) is 21.9. The van der Waals surface area contributed by atoms with Gasteiger partial charge in [-0.05, 0) is 71.4 Å². The van der Waals surface area contributed by atoms with Crippen molar-refractivity contribution in [3.05, 3.63) is 29.5 Å². The van der Waals surface area contributed by atoms with Crippen LogP contribution < -0.4 is 5.32 Å². The van der Waals surface area contributed by atoms with Crippen LogP contribution in [0.25, 0.3) is 11.3 Å². The lowest BCUT2D eigenvalue weighted by Gasteiger charge is -2.29. The highest BCUT2D eigenvalue weighted by Crippen LogP contribution is 2.38. The highest BCUT2D eigenvalue weighted by molar-refractivity contribution is 5.78. The summed E-state index contributed by atoms with van der Waals surface area (Å²) in [6.45, 7) is 7.32. The molecule has 1 saturated heterocycles. The average Bonchev–Trinajstić information content (AvgIpc) is 3.04. The summed E-state index contributed by atoms with van der Waals surface area (Å²) in [7, 11) is 0. The van der Waals surface area contributed by atoms with Crippen molar-refractivity contribution >= 4 is 5.91 Å². The van der Waals surface area contributed by atoms with Gasteiger partial charge in [0, 0.05) is 24.7 Å². The second-order valence-corrected chi connectivity index (χ2v) is 9.26. The molecule has 0 unspecified atom stereocenters. The predicted molar refractivity (Wildman–Crippen MR) is 120 cm³/mol. The van der Waals surface area contributed by atoms with Gasteiger partial charge in [0.15, 0.2) is 5.76 Å². The summed E-state index contributed by atoms with van der Waals surface area (Å²) >= 11 is 0. The van der Waals surface area contributed by atoms with E-state index in [1.807, 2.05) is 26.1 Å². The van der Waals surface area contributed by atoms with Crippen LogP contribution in [0, 0.1) is 19.8 Å². The van der Waals surface area contributed by atoms with E-state index in [0.717, 1.165) is 73.9 Å². The molecule has 0 bridgehead atoms. The minimum absolute atomic E-state index is 0.179. The minimum Gasteiger partial charge on any atom is -0.356 e. The fourth-order valence-corrected chi connectivity index (χ4v) is 4.93. The Labute approximate surface area is 185 Å². The van der Waals surface area contributed by atoms with E-state index in [-0.39, 0.29) is 5.91 Å². The lowest BCUT2D eigenvalue weighted by molar-refractivity contribution is -0.122. The summed E-state index contributed by atoms with van der Waals surface area (Å²) in [4.78, 5) is 23.9. The third-order valence-corrected chi connectivity index (χ3v) is 6.72. The van der Waals surface area contributed by atoms with E-state index < -0.39 is 0 Å². The highest BCUT2D eigenvalue weighted by Gasteiger charge is 2.27. The van der Waals surface area contributed by atoms with Gasteiger partial charge in [-0.3, -0.25) is 9.69 Å². The van der Waals surface area contributed by atoms with Gasteiger partial charge in [-0.25, -0.2) is 9.97 Å². The molecule has 2 aromatic heterocycles. The smallest absolute Gasteiger partial charge is 0.234 e. The van der Waals surface area contributed by atoms with Crippen LogP contribution in [-0.2, 0) is 4.79 Å².